The third kappa shape index (κ3) is 4.35. The summed E-state index contributed by atoms with van der Waals surface area (Å²) >= 11 is 0. The normalized spacial score (nSPS) is 11.5. The summed E-state index contributed by atoms with van der Waals surface area (Å²) in [4.78, 5) is 19.6. The first-order valence-electron chi connectivity index (χ1n) is 15.2. The Labute approximate surface area is 264 Å². The summed E-state index contributed by atoms with van der Waals surface area (Å²) in [6.07, 6.45) is 0. The molecule has 0 saturated heterocycles. The molecular formula is C40H26N6. The lowest BCUT2D eigenvalue weighted by atomic mass is 10.0. The summed E-state index contributed by atoms with van der Waals surface area (Å²) in [5, 5.41) is 0. The number of hydrogen-bond acceptors (Lipinski definition) is 4. The predicted octanol–water partition coefficient (Wildman–Crippen LogP) is 9.28. The van der Waals surface area contributed by atoms with Crippen molar-refractivity contribution in [3.05, 3.63) is 158 Å². The summed E-state index contributed by atoms with van der Waals surface area (Å²) in [6.45, 7) is 0. The van der Waals surface area contributed by atoms with E-state index < -0.39 is 0 Å². The second kappa shape index (κ2) is 10.6. The molecule has 9 rings (SSSR count). The smallest absolute Gasteiger partial charge is 0.220 e. The van der Waals surface area contributed by atoms with Gasteiger partial charge in [0.15, 0.2) is 17.5 Å². The second-order valence-corrected chi connectivity index (χ2v) is 11.2. The molecule has 6 aromatic carbocycles. The van der Waals surface area contributed by atoms with E-state index in [1.807, 2.05) is 66.7 Å². The van der Waals surface area contributed by atoms with Gasteiger partial charge in [-0.3, -0.25) is 8.97 Å². The van der Waals surface area contributed by atoms with E-state index >= 15 is 0 Å². The fourth-order valence-electron chi connectivity index (χ4n) is 6.16. The molecule has 3 aromatic heterocycles. The van der Waals surface area contributed by atoms with E-state index in [9.17, 15) is 0 Å². The SMILES string of the molecule is c1ccc(-c2nc(-c3ccccc3)nc(-c3ccc(-c4ccc(-n5c6ccccc6n6c7ccccc7nc56)cc4)cc3)n2)cc1. The Hall–Kier alpha value is -6.40. The van der Waals surface area contributed by atoms with Gasteiger partial charge in [0.25, 0.3) is 0 Å². The van der Waals surface area contributed by atoms with Crippen LogP contribution in [-0.4, -0.2) is 28.9 Å². The van der Waals surface area contributed by atoms with Crippen molar-refractivity contribution in [2.45, 2.75) is 0 Å². The van der Waals surface area contributed by atoms with E-state index in [0.717, 1.165) is 61.3 Å². The lowest BCUT2D eigenvalue weighted by Crippen LogP contribution is -2.00. The average Bonchev–Trinajstić information content (AvgIpc) is 3.67. The summed E-state index contributed by atoms with van der Waals surface area (Å²) in [5.74, 6) is 2.86. The first-order valence-corrected chi connectivity index (χ1v) is 15.2. The molecule has 6 heteroatoms. The molecule has 0 amide bonds. The van der Waals surface area contributed by atoms with Crippen LogP contribution < -0.4 is 0 Å². The largest absolute Gasteiger partial charge is 0.278 e. The van der Waals surface area contributed by atoms with E-state index in [2.05, 4.69) is 100.0 Å². The number of fused-ring (bicyclic) bond motifs is 5. The summed E-state index contributed by atoms with van der Waals surface area (Å²) < 4.78 is 4.47. The number of aromatic nitrogens is 6. The molecule has 9 aromatic rings. The quantitative estimate of drug-likeness (QED) is 0.200. The average molecular weight is 591 g/mol. The highest BCUT2D eigenvalue weighted by Gasteiger charge is 2.17. The van der Waals surface area contributed by atoms with Crippen LogP contribution in [0.4, 0.5) is 0 Å². The van der Waals surface area contributed by atoms with Crippen molar-refractivity contribution >= 4 is 27.8 Å². The van der Waals surface area contributed by atoms with Crippen LogP contribution in [0.15, 0.2) is 158 Å². The molecule has 0 aliphatic carbocycles. The van der Waals surface area contributed by atoms with Gasteiger partial charge in [0.1, 0.15) is 0 Å². The molecule has 0 bridgehead atoms. The highest BCUT2D eigenvalue weighted by molar-refractivity contribution is 5.92. The maximum Gasteiger partial charge on any atom is 0.220 e. The van der Waals surface area contributed by atoms with Crippen LogP contribution in [0, 0.1) is 0 Å². The molecule has 0 unspecified atom stereocenters. The minimum absolute atomic E-state index is 0.644. The van der Waals surface area contributed by atoms with Crippen molar-refractivity contribution in [3.63, 3.8) is 0 Å². The Bertz CT molecular complexity index is 2440. The van der Waals surface area contributed by atoms with Crippen LogP contribution in [0.5, 0.6) is 0 Å². The standard InChI is InChI=1S/C40H26N6/c1-3-11-29(12-4-1)37-42-38(30-13-5-2-6-14-30)44-39(43-37)31-21-19-27(20-22-31)28-23-25-32(26-24-28)45-35-17-9-10-18-36(35)46-34-16-8-7-15-33(34)41-40(45)46/h1-26H. The molecule has 0 fully saturated rings. The maximum atomic E-state index is 5.01. The van der Waals surface area contributed by atoms with Crippen molar-refractivity contribution in [1.29, 1.82) is 0 Å². The Kier molecular flexibility index (Phi) is 6.03. The third-order valence-electron chi connectivity index (χ3n) is 8.41. The number of hydrogen-bond donors (Lipinski definition) is 0. The van der Waals surface area contributed by atoms with Crippen molar-refractivity contribution < 1.29 is 0 Å². The van der Waals surface area contributed by atoms with Crippen molar-refractivity contribution in [2.24, 2.45) is 0 Å². The Balaban J connectivity index is 1.08. The molecule has 0 spiro atoms. The lowest BCUT2D eigenvalue weighted by molar-refractivity contribution is 1.07. The topological polar surface area (TPSA) is 60.9 Å². The van der Waals surface area contributed by atoms with Crippen LogP contribution in [0.25, 0.3) is 78.8 Å². The van der Waals surface area contributed by atoms with Crippen LogP contribution in [0.2, 0.25) is 0 Å². The van der Waals surface area contributed by atoms with E-state index in [1.165, 1.54) is 0 Å². The Morgan fingerprint density at radius 1 is 0.326 bits per heavy atom. The highest BCUT2D eigenvalue weighted by Crippen LogP contribution is 2.31. The zero-order valence-corrected chi connectivity index (χ0v) is 24.7. The molecule has 216 valence electrons. The minimum Gasteiger partial charge on any atom is -0.278 e. The number of nitrogens with zero attached hydrogens (tertiary/aromatic N) is 6. The van der Waals surface area contributed by atoms with Gasteiger partial charge in [-0.2, -0.15) is 0 Å². The number of rotatable bonds is 5. The summed E-state index contributed by atoms with van der Waals surface area (Å²) in [7, 11) is 0. The van der Waals surface area contributed by atoms with Crippen molar-refractivity contribution in [1.82, 2.24) is 28.9 Å². The molecule has 0 atom stereocenters. The molecular weight excluding hydrogens is 564 g/mol. The van der Waals surface area contributed by atoms with Gasteiger partial charge in [-0.15, -0.1) is 0 Å². The molecule has 0 radical (unpaired) electrons. The van der Waals surface area contributed by atoms with Gasteiger partial charge in [-0.25, -0.2) is 19.9 Å². The predicted molar refractivity (Wildman–Crippen MR) is 185 cm³/mol. The van der Waals surface area contributed by atoms with Gasteiger partial charge in [0, 0.05) is 22.4 Å². The van der Waals surface area contributed by atoms with Gasteiger partial charge in [0.2, 0.25) is 5.78 Å². The Morgan fingerprint density at radius 2 is 0.761 bits per heavy atom. The molecule has 0 aliphatic heterocycles. The molecule has 0 N–H and O–H groups in total. The van der Waals surface area contributed by atoms with Crippen LogP contribution >= 0.6 is 0 Å². The number of benzene rings is 6. The zero-order chi connectivity index (χ0) is 30.5. The highest BCUT2D eigenvalue weighted by atomic mass is 15.2. The molecule has 0 aliphatic rings. The van der Waals surface area contributed by atoms with E-state index in [4.69, 9.17) is 19.9 Å². The lowest BCUT2D eigenvalue weighted by Gasteiger charge is -2.10. The van der Waals surface area contributed by atoms with Gasteiger partial charge >= 0.3 is 0 Å². The van der Waals surface area contributed by atoms with Crippen molar-refractivity contribution in [2.75, 3.05) is 0 Å². The zero-order valence-electron chi connectivity index (χ0n) is 24.7. The van der Waals surface area contributed by atoms with Crippen molar-refractivity contribution in [3.8, 4) is 51.0 Å². The van der Waals surface area contributed by atoms with Gasteiger partial charge in [-0.1, -0.05) is 121 Å². The third-order valence-corrected chi connectivity index (χ3v) is 8.41. The van der Waals surface area contributed by atoms with Gasteiger partial charge < -0.3 is 0 Å². The van der Waals surface area contributed by atoms with Crippen LogP contribution in [0.1, 0.15) is 0 Å². The van der Waals surface area contributed by atoms with Gasteiger partial charge in [0.05, 0.1) is 22.1 Å². The van der Waals surface area contributed by atoms with Gasteiger partial charge in [-0.05, 0) is 47.5 Å². The fraction of sp³-hybridized carbons (Fsp3) is 0. The number of para-hydroxylation sites is 4. The molecule has 3 heterocycles. The first kappa shape index (κ1) is 26.0. The molecule has 0 saturated carbocycles. The molecule has 6 nitrogen and oxygen atoms in total. The maximum absolute atomic E-state index is 5.01. The summed E-state index contributed by atoms with van der Waals surface area (Å²) in [6, 6.07) is 53.9. The second-order valence-electron chi connectivity index (χ2n) is 11.2. The van der Waals surface area contributed by atoms with E-state index in [1.54, 1.807) is 0 Å². The van der Waals surface area contributed by atoms with E-state index in [-0.39, 0.29) is 0 Å². The van der Waals surface area contributed by atoms with Crippen LogP contribution in [-0.2, 0) is 0 Å². The molecule has 46 heavy (non-hydrogen) atoms. The number of imidazole rings is 2. The van der Waals surface area contributed by atoms with Crippen LogP contribution in [0.3, 0.4) is 0 Å². The fourth-order valence-corrected chi connectivity index (χ4v) is 6.16. The minimum atomic E-state index is 0.644. The Morgan fingerprint density at radius 3 is 1.35 bits per heavy atom. The van der Waals surface area contributed by atoms with E-state index in [0.29, 0.717) is 17.5 Å². The first-order chi connectivity index (χ1) is 22.8. The monoisotopic (exact) mass is 590 g/mol. The summed E-state index contributed by atoms with van der Waals surface area (Å²) in [5.41, 5.74) is 10.5.